The predicted molar refractivity (Wildman–Crippen MR) is 102 cm³/mol. The number of halogens is 1. The summed E-state index contributed by atoms with van der Waals surface area (Å²) in [5.74, 6) is -1.64. The largest absolute Gasteiger partial charge is 0.487 e. The van der Waals surface area contributed by atoms with Crippen LogP contribution in [0.3, 0.4) is 0 Å². The number of nitrogens with two attached hydrogens (primary N) is 1. The van der Waals surface area contributed by atoms with E-state index in [1.807, 2.05) is 11.8 Å². The highest BCUT2D eigenvalue weighted by molar-refractivity contribution is 5.97. The molecule has 2 aromatic rings. The van der Waals surface area contributed by atoms with Crippen LogP contribution in [0.2, 0.25) is 0 Å². The van der Waals surface area contributed by atoms with Gasteiger partial charge in [0.05, 0.1) is 23.1 Å². The summed E-state index contributed by atoms with van der Waals surface area (Å²) >= 11 is 0. The minimum Gasteiger partial charge on any atom is -0.487 e. The zero-order valence-corrected chi connectivity index (χ0v) is 15.6. The normalized spacial score (nSPS) is 25.0. The van der Waals surface area contributed by atoms with Gasteiger partial charge < -0.3 is 25.0 Å². The highest BCUT2D eigenvalue weighted by Crippen LogP contribution is 2.53. The quantitative estimate of drug-likeness (QED) is 0.822. The Hall–Kier alpha value is -2.61. The summed E-state index contributed by atoms with van der Waals surface area (Å²) in [7, 11) is 0. The number of carboxylic acid groups (broad SMARTS) is 1. The first-order chi connectivity index (χ1) is 13.3. The fourth-order valence-corrected chi connectivity index (χ4v) is 5.01. The molecule has 3 N–H and O–H groups in total. The van der Waals surface area contributed by atoms with E-state index in [9.17, 15) is 14.7 Å². The van der Waals surface area contributed by atoms with E-state index in [4.69, 9.17) is 10.5 Å². The molecular formula is C20H22FN3O4. The number of hydrogen-bond donors (Lipinski definition) is 2. The number of aromatic carboxylic acids is 1. The predicted octanol–water partition coefficient (Wildman–Crippen LogP) is 2.46. The van der Waals surface area contributed by atoms with Crippen molar-refractivity contribution < 1.29 is 19.0 Å². The molecule has 3 aliphatic rings. The lowest BCUT2D eigenvalue weighted by Crippen LogP contribution is -2.38. The molecule has 7 nitrogen and oxygen atoms in total. The summed E-state index contributed by atoms with van der Waals surface area (Å²) in [4.78, 5) is 26.0. The fourth-order valence-electron chi connectivity index (χ4n) is 5.01. The summed E-state index contributed by atoms with van der Waals surface area (Å²) in [5.41, 5.74) is 6.16. The Morgan fingerprint density at radius 2 is 2.18 bits per heavy atom. The molecule has 1 aliphatic carbocycles. The monoisotopic (exact) mass is 387 g/mol. The van der Waals surface area contributed by atoms with Crippen molar-refractivity contribution >= 4 is 22.6 Å². The zero-order valence-electron chi connectivity index (χ0n) is 15.6. The molecule has 1 aromatic heterocycles. The third kappa shape index (κ3) is 2.24. The summed E-state index contributed by atoms with van der Waals surface area (Å²) in [6, 6.07) is 0.955. The van der Waals surface area contributed by atoms with E-state index < -0.39 is 17.2 Å². The van der Waals surface area contributed by atoms with E-state index in [1.54, 1.807) is 4.57 Å². The second-order valence-corrected chi connectivity index (χ2v) is 8.43. The van der Waals surface area contributed by atoms with Crippen molar-refractivity contribution in [1.29, 1.82) is 0 Å². The molecule has 28 heavy (non-hydrogen) atoms. The van der Waals surface area contributed by atoms with Gasteiger partial charge in [-0.15, -0.1) is 0 Å². The molecule has 2 aliphatic heterocycles. The average Bonchev–Trinajstić information content (AvgIpc) is 2.97. The van der Waals surface area contributed by atoms with Gasteiger partial charge in [-0.2, -0.15) is 0 Å². The molecule has 1 saturated carbocycles. The number of carbonyl (C=O) groups is 1. The zero-order chi connectivity index (χ0) is 19.8. The summed E-state index contributed by atoms with van der Waals surface area (Å²) in [6.45, 7) is 2.79. The van der Waals surface area contributed by atoms with Crippen LogP contribution in [0.1, 0.15) is 49.0 Å². The van der Waals surface area contributed by atoms with Crippen molar-refractivity contribution in [1.82, 2.24) is 4.57 Å². The van der Waals surface area contributed by atoms with Crippen LogP contribution in [-0.2, 0) is 0 Å². The number of carboxylic acids is 1. The molecule has 0 radical (unpaired) electrons. The molecule has 0 bridgehead atoms. The van der Waals surface area contributed by atoms with Gasteiger partial charge in [0.25, 0.3) is 0 Å². The standard InChI is InChI=1S/C20H22FN3O4/c1-10-8-28-18-15-11(17(25)12(19(26)27)7-23(10)15)5-13(21)16(18)24-9-20(3-2-4-20)6-14(24)22/h5,7,10,14H,2-4,6,8-9,22H2,1H3,(H,26,27)/t10-,14-/m1/s1. The van der Waals surface area contributed by atoms with Crippen molar-refractivity contribution in [2.45, 2.75) is 44.8 Å². The average molecular weight is 387 g/mol. The number of rotatable bonds is 2. The number of nitrogens with zero attached hydrogens (tertiary/aromatic N) is 2. The highest BCUT2D eigenvalue weighted by Gasteiger charge is 2.48. The van der Waals surface area contributed by atoms with Crippen LogP contribution in [0.5, 0.6) is 5.75 Å². The molecule has 2 atom stereocenters. The maximum Gasteiger partial charge on any atom is 0.341 e. The third-order valence-electron chi connectivity index (χ3n) is 6.62. The van der Waals surface area contributed by atoms with E-state index in [-0.39, 0.29) is 46.6 Å². The second kappa shape index (κ2) is 5.70. The Bertz CT molecular complexity index is 1080. The SMILES string of the molecule is C[C@@H]1COc2c(N3CC4(CCC4)C[C@@H]3N)c(F)cc3c(=O)c(C(=O)O)cn1c23. The van der Waals surface area contributed by atoms with Crippen molar-refractivity contribution in [3.05, 3.63) is 33.9 Å². The Balaban J connectivity index is 1.77. The van der Waals surface area contributed by atoms with Crippen LogP contribution in [0.4, 0.5) is 10.1 Å². The summed E-state index contributed by atoms with van der Waals surface area (Å²) < 4.78 is 22.9. The first kappa shape index (κ1) is 17.5. The molecule has 0 unspecified atom stereocenters. The van der Waals surface area contributed by atoms with Crippen molar-refractivity contribution in [3.63, 3.8) is 0 Å². The van der Waals surface area contributed by atoms with Crippen LogP contribution >= 0.6 is 0 Å². The number of hydrogen-bond acceptors (Lipinski definition) is 5. The molecule has 1 spiro atoms. The van der Waals surface area contributed by atoms with Gasteiger partial charge in [0, 0.05) is 12.7 Å². The van der Waals surface area contributed by atoms with E-state index in [2.05, 4.69) is 0 Å². The van der Waals surface area contributed by atoms with E-state index in [0.29, 0.717) is 12.1 Å². The van der Waals surface area contributed by atoms with Crippen LogP contribution < -0.4 is 20.8 Å². The lowest BCUT2D eigenvalue weighted by molar-refractivity contribution is 0.0694. The Morgan fingerprint density at radius 3 is 2.79 bits per heavy atom. The molecule has 2 fully saturated rings. The van der Waals surface area contributed by atoms with Gasteiger partial charge >= 0.3 is 5.97 Å². The molecule has 3 heterocycles. The summed E-state index contributed by atoms with van der Waals surface area (Å²) in [5, 5.41) is 9.40. The molecule has 0 amide bonds. The fraction of sp³-hybridized carbons (Fsp3) is 0.500. The van der Waals surface area contributed by atoms with Crippen LogP contribution in [0.25, 0.3) is 10.9 Å². The number of benzene rings is 1. The van der Waals surface area contributed by atoms with Crippen molar-refractivity contribution in [2.24, 2.45) is 11.1 Å². The first-order valence-electron chi connectivity index (χ1n) is 9.61. The van der Waals surface area contributed by atoms with Gasteiger partial charge in [-0.05, 0) is 37.7 Å². The second-order valence-electron chi connectivity index (χ2n) is 8.43. The van der Waals surface area contributed by atoms with Crippen LogP contribution in [-0.4, -0.2) is 35.0 Å². The smallest absolute Gasteiger partial charge is 0.341 e. The first-order valence-corrected chi connectivity index (χ1v) is 9.61. The van der Waals surface area contributed by atoms with E-state index in [1.165, 1.54) is 12.6 Å². The molecule has 148 valence electrons. The number of ether oxygens (including phenoxy) is 1. The van der Waals surface area contributed by atoms with Crippen LogP contribution in [0.15, 0.2) is 17.1 Å². The third-order valence-corrected chi connectivity index (χ3v) is 6.62. The van der Waals surface area contributed by atoms with Crippen molar-refractivity contribution in [2.75, 3.05) is 18.1 Å². The highest BCUT2D eigenvalue weighted by atomic mass is 19.1. The maximum atomic E-state index is 15.3. The lowest BCUT2D eigenvalue weighted by Gasteiger charge is -2.38. The molecule has 8 heteroatoms. The van der Waals surface area contributed by atoms with Gasteiger partial charge in [-0.25, -0.2) is 9.18 Å². The van der Waals surface area contributed by atoms with Gasteiger partial charge in [0.1, 0.15) is 17.9 Å². The van der Waals surface area contributed by atoms with Crippen molar-refractivity contribution in [3.8, 4) is 5.75 Å². The molecular weight excluding hydrogens is 365 g/mol. The van der Waals surface area contributed by atoms with E-state index in [0.717, 1.165) is 25.3 Å². The van der Waals surface area contributed by atoms with Crippen LogP contribution in [0, 0.1) is 11.2 Å². The maximum absolute atomic E-state index is 15.3. The van der Waals surface area contributed by atoms with Gasteiger partial charge in [0.2, 0.25) is 5.43 Å². The Morgan fingerprint density at radius 1 is 1.43 bits per heavy atom. The molecule has 5 rings (SSSR count). The molecule has 1 aromatic carbocycles. The molecule has 1 saturated heterocycles. The van der Waals surface area contributed by atoms with Gasteiger partial charge in [0.15, 0.2) is 11.6 Å². The van der Waals surface area contributed by atoms with E-state index >= 15 is 4.39 Å². The number of pyridine rings is 1. The number of anilines is 1. The topological polar surface area (TPSA) is 97.8 Å². The Labute approximate surface area is 160 Å². The van der Waals surface area contributed by atoms with Gasteiger partial charge in [-0.3, -0.25) is 4.79 Å². The minimum atomic E-state index is -1.33. The summed E-state index contributed by atoms with van der Waals surface area (Å²) in [6.07, 6.45) is 5.18. The number of aromatic nitrogens is 1. The minimum absolute atomic E-state index is 0.0221. The lowest BCUT2D eigenvalue weighted by atomic mass is 9.68. The van der Waals surface area contributed by atoms with Gasteiger partial charge in [-0.1, -0.05) is 6.42 Å². The Kier molecular flexibility index (Phi) is 3.56.